The highest BCUT2D eigenvalue weighted by Crippen LogP contribution is 2.36. The van der Waals surface area contributed by atoms with Crippen LogP contribution in [0, 0.1) is 0 Å². The fourth-order valence-corrected chi connectivity index (χ4v) is 5.12. The van der Waals surface area contributed by atoms with Gasteiger partial charge in [0.25, 0.3) is 0 Å². The molecular formula is C16H12Br2F3NO2S. The Kier molecular flexibility index (Phi) is 5.04. The summed E-state index contributed by atoms with van der Waals surface area (Å²) in [5.41, 5.74) is 0.782. The molecule has 0 aliphatic heterocycles. The van der Waals surface area contributed by atoms with Gasteiger partial charge >= 0.3 is 6.18 Å². The van der Waals surface area contributed by atoms with Gasteiger partial charge in [0.2, 0.25) is 10.0 Å². The normalized spacial score (nSPS) is 17.6. The minimum atomic E-state index is -4.77. The van der Waals surface area contributed by atoms with Gasteiger partial charge in [0.15, 0.2) is 0 Å². The summed E-state index contributed by atoms with van der Waals surface area (Å²) in [6, 6.07) is 8.18. The number of benzene rings is 2. The van der Waals surface area contributed by atoms with E-state index in [4.69, 9.17) is 0 Å². The van der Waals surface area contributed by atoms with Gasteiger partial charge in [-0.15, -0.1) is 0 Å². The maximum Gasteiger partial charge on any atom is 0.417 e. The zero-order valence-electron chi connectivity index (χ0n) is 12.6. The Morgan fingerprint density at radius 1 is 0.960 bits per heavy atom. The van der Waals surface area contributed by atoms with Gasteiger partial charge in [-0.25, -0.2) is 13.1 Å². The number of halogens is 5. The van der Waals surface area contributed by atoms with Crippen molar-refractivity contribution in [3.05, 3.63) is 62.0 Å². The van der Waals surface area contributed by atoms with Crippen molar-refractivity contribution in [1.82, 2.24) is 4.72 Å². The van der Waals surface area contributed by atoms with E-state index in [-0.39, 0.29) is 4.47 Å². The minimum absolute atomic E-state index is 0.164. The van der Waals surface area contributed by atoms with Crippen molar-refractivity contribution in [3.8, 4) is 0 Å². The maximum absolute atomic E-state index is 13.2. The van der Waals surface area contributed by atoms with E-state index in [1.54, 1.807) is 0 Å². The number of sulfonamides is 1. The summed E-state index contributed by atoms with van der Waals surface area (Å²) in [7, 11) is -4.30. The predicted octanol–water partition coefficient (Wildman–Crippen LogP) is 4.68. The Labute approximate surface area is 159 Å². The first-order valence-electron chi connectivity index (χ1n) is 7.22. The van der Waals surface area contributed by atoms with Crippen LogP contribution in [0.4, 0.5) is 13.2 Å². The second kappa shape index (κ2) is 6.68. The van der Waals surface area contributed by atoms with Crippen LogP contribution in [0.5, 0.6) is 0 Å². The lowest BCUT2D eigenvalue weighted by molar-refractivity contribution is -0.139. The van der Waals surface area contributed by atoms with Gasteiger partial charge in [0.1, 0.15) is 0 Å². The molecule has 25 heavy (non-hydrogen) atoms. The average Bonchev–Trinajstić information content (AvgIpc) is 2.86. The first kappa shape index (κ1) is 18.9. The second-order valence-corrected chi connectivity index (χ2v) is 9.29. The van der Waals surface area contributed by atoms with Gasteiger partial charge in [0.05, 0.1) is 10.5 Å². The third kappa shape index (κ3) is 4.10. The molecule has 1 N–H and O–H groups in total. The topological polar surface area (TPSA) is 46.2 Å². The molecule has 0 fully saturated rings. The predicted molar refractivity (Wildman–Crippen MR) is 94.8 cm³/mol. The summed E-state index contributed by atoms with van der Waals surface area (Å²) in [6.45, 7) is 0. The second-order valence-electron chi connectivity index (χ2n) is 5.78. The van der Waals surface area contributed by atoms with E-state index in [1.165, 1.54) is 6.07 Å². The Hall–Kier alpha value is -0.900. The molecule has 2 aromatic carbocycles. The first-order valence-corrected chi connectivity index (χ1v) is 10.3. The zero-order chi connectivity index (χ0) is 18.4. The summed E-state index contributed by atoms with van der Waals surface area (Å²) >= 11 is 6.30. The molecule has 134 valence electrons. The number of rotatable bonds is 3. The molecule has 0 amide bonds. The number of alkyl halides is 3. The molecule has 3 rings (SSSR count). The van der Waals surface area contributed by atoms with E-state index in [1.807, 2.05) is 18.2 Å². The Morgan fingerprint density at radius 3 is 2.24 bits per heavy atom. The molecule has 0 aromatic heterocycles. The molecule has 3 nitrogen and oxygen atoms in total. The van der Waals surface area contributed by atoms with Crippen molar-refractivity contribution in [2.75, 3.05) is 0 Å². The van der Waals surface area contributed by atoms with E-state index in [2.05, 4.69) is 36.6 Å². The molecule has 0 radical (unpaired) electrons. The first-order chi connectivity index (χ1) is 11.6. The van der Waals surface area contributed by atoms with Gasteiger partial charge in [-0.05, 0) is 54.3 Å². The van der Waals surface area contributed by atoms with Crippen LogP contribution >= 0.6 is 31.9 Å². The molecule has 1 unspecified atom stereocenters. The minimum Gasteiger partial charge on any atom is -0.207 e. The molecule has 0 heterocycles. The van der Waals surface area contributed by atoms with Crippen LogP contribution in [-0.4, -0.2) is 14.5 Å². The summed E-state index contributed by atoms with van der Waals surface area (Å²) in [4.78, 5) is -0.764. The van der Waals surface area contributed by atoms with Gasteiger partial charge < -0.3 is 0 Å². The van der Waals surface area contributed by atoms with Crippen molar-refractivity contribution < 1.29 is 21.6 Å². The van der Waals surface area contributed by atoms with Crippen LogP contribution in [0.1, 0.15) is 16.7 Å². The molecule has 0 spiro atoms. The molecule has 0 saturated heterocycles. The van der Waals surface area contributed by atoms with E-state index in [0.717, 1.165) is 27.7 Å². The van der Waals surface area contributed by atoms with E-state index in [9.17, 15) is 21.6 Å². The van der Waals surface area contributed by atoms with Crippen LogP contribution in [0.15, 0.2) is 50.2 Å². The van der Waals surface area contributed by atoms with Gasteiger partial charge in [-0.3, -0.25) is 0 Å². The van der Waals surface area contributed by atoms with Crippen LogP contribution in [0.25, 0.3) is 0 Å². The van der Waals surface area contributed by atoms with Crippen molar-refractivity contribution in [1.29, 1.82) is 0 Å². The number of hydrogen-bond donors (Lipinski definition) is 1. The van der Waals surface area contributed by atoms with Crippen LogP contribution < -0.4 is 4.72 Å². The summed E-state index contributed by atoms with van der Waals surface area (Å²) < 4.78 is 68.2. The fraction of sp³-hybridized carbons (Fsp3) is 0.250. The third-order valence-corrected chi connectivity index (χ3v) is 6.52. The van der Waals surface area contributed by atoms with Crippen LogP contribution in [-0.2, 0) is 29.0 Å². The Morgan fingerprint density at radius 2 is 1.56 bits per heavy atom. The fourth-order valence-electron chi connectivity index (χ4n) is 2.91. The highest BCUT2D eigenvalue weighted by molar-refractivity contribution is 9.10. The highest BCUT2D eigenvalue weighted by Gasteiger charge is 2.38. The Balaban J connectivity index is 1.89. The quantitative estimate of drug-likeness (QED) is 0.668. The number of hydrogen-bond acceptors (Lipinski definition) is 2. The standard InChI is InChI=1S/C16H12Br2F3NO2S/c17-11-2-1-9-6-13(7-10(9)5-11)22-25(23,24)15-4-3-12(18)8-14(15)16(19,20)21/h1-5,8,13,22H,6-7H2. The van der Waals surface area contributed by atoms with Crippen LogP contribution in [0.3, 0.4) is 0 Å². The monoisotopic (exact) mass is 497 g/mol. The molecule has 2 aromatic rings. The molecular weight excluding hydrogens is 487 g/mol. The molecule has 9 heteroatoms. The average molecular weight is 499 g/mol. The lowest BCUT2D eigenvalue weighted by Crippen LogP contribution is -2.36. The van der Waals surface area contributed by atoms with Crippen molar-refractivity contribution >= 4 is 41.9 Å². The largest absolute Gasteiger partial charge is 0.417 e. The van der Waals surface area contributed by atoms with E-state index < -0.39 is 32.7 Å². The van der Waals surface area contributed by atoms with Crippen LogP contribution in [0.2, 0.25) is 0 Å². The molecule has 1 atom stereocenters. The molecule has 0 saturated carbocycles. The maximum atomic E-state index is 13.2. The van der Waals surface area contributed by atoms with Gasteiger partial charge in [-0.1, -0.05) is 37.9 Å². The SMILES string of the molecule is O=S(=O)(NC1Cc2ccc(Br)cc2C1)c1ccc(Br)cc1C(F)(F)F. The van der Waals surface area contributed by atoms with E-state index >= 15 is 0 Å². The molecule has 0 bridgehead atoms. The van der Waals surface area contributed by atoms with Crippen molar-refractivity contribution in [2.24, 2.45) is 0 Å². The zero-order valence-corrected chi connectivity index (χ0v) is 16.6. The smallest absolute Gasteiger partial charge is 0.207 e. The summed E-state index contributed by atoms with van der Waals surface area (Å²) in [5.74, 6) is 0. The summed E-state index contributed by atoms with van der Waals surface area (Å²) in [5, 5.41) is 0. The van der Waals surface area contributed by atoms with Gasteiger partial charge in [0, 0.05) is 15.0 Å². The highest BCUT2D eigenvalue weighted by atomic mass is 79.9. The van der Waals surface area contributed by atoms with Crippen molar-refractivity contribution in [3.63, 3.8) is 0 Å². The molecule has 1 aliphatic rings. The lowest BCUT2D eigenvalue weighted by Gasteiger charge is -2.17. The van der Waals surface area contributed by atoms with E-state index in [0.29, 0.717) is 12.8 Å². The van der Waals surface area contributed by atoms with Crippen molar-refractivity contribution in [2.45, 2.75) is 30.0 Å². The molecule has 1 aliphatic carbocycles. The third-order valence-electron chi connectivity index (χ3n) is 3.96. The lowest BCUT2D eigenvalue weighted by atomic mass is 10.1. The Bertz CT molecular complexity index is 929. The summed E-state index contributed by atoms with van der Waals surface area (Å²) in [6.07, 6.45) is -3.89. The number of fused-ring (bicyclic) bond motifs is 1. The number of nitrogens with one attached hydrogen (secondary N) is 1. The van der Waals surface area contributed by atoms with Gasteiger partial charge in [-0.2, -0.15) is 13.2 Å².